The van der Waals surface area contributed by atoms with Gasteiger partial charge in [0.05, 0.1) is 12.7 Å². The molecule has 0 saturated carbocycles. The van der Waals surface area contributed by atoms with Gasteiger partial charge in [0.15, 0.2) is 6.29 Å². The summed E-state index contributed by atoms with van der Waals surface area (Å²) in [6, 6.07) is 0. The summed E-state index contributed by atoms with van der Waals surface area (Å²) in [5.41, 5.74) is 2.27. The summed E-state index contributed by atoms with van der Waals surface area (Å²) in [5, 5.41) is 39.2. The highest BCUT2D eigenvalue weighted by molar-refractivity contribution is 5.75. The molecule has 2 aliphatic rings. The highest BCUT2D eigenvalue weighted by atomic mass is 16.7. The van der Waals surface area contributed by atoms with E-state index in [1.54, 1.807) is 6.92 Å². The average molecular weight is 372 g/mol. The van der Waals surface area contributed by atoms with Gasteiger partial charge in [-0.3, -0.25) is 0 Å². The van der Waals surface area contributed by atoms with Gasteiger partial charge in [-0.2, -0.15) is 0 Å². The van der Waals surface area contributed by atoms with E-state index >= 15 is 0 Å². The molecule has 0 aromatic rings. The third-order valence-corrected chi connectivity index (χ3v) is 5.51. The molecule has 0 spiro atoms. The molecule has 0 aromatic heterocycles. The molecule has 2 rings (SSSR count). The van der Waals surface area contributed by atoms with Crippen LogP contribution in [0, 0.1) is 5.41 Å². The molecule has 4 N–H and O–H groups in total. The summed E-state index contributed by atoms with van der Waals surface area (Å²) in [6.07, 6.45) is -3.95. The van der Waals surface area contributed by atoms with E-state index in [0.717, 1.165) is 12.0 Å². The van der Waals surface area contributed by atoms with Crippen molar-refractivity contribution in [2.24, 2.45) is 5.41 Å². The fraction of sp³-hybridized carbons (Fsp3) is 0.842. The number of aliphatic hydroxyl groups excluding tert-OH is 4. The first kappa shape index (κ1) is 21.5. The minimum atomic E-state index is -1.44. The predicted molar refractivity (Wildman–Crippen MR) is 94.3 cm³/mol. The zero-order chi connectivity index (χ0) is 19.6. The number of carbonyl (C=O) groups excluding carboxylic acids is 1. The lowest BCUT2D eigenvalue weighted by Gasteiger charge is -2.44. The zero-order valence-corrected chi connectivity index (χ0v) is 16.0. The van der Waals surface area contributed by atoms with Gasteiger partial charge in [-0.05, 0) is 38.5 Å². The van der Waals surface area contributed by atoms with Gasteiger partial charge in [0.25, 0.3) is 0 Å². The van der Waals surface area contributed by atoms with E-state index in [9.17, 15) is 25.2 Å². The van der Waals surface area contributed by atoms with Crippen molar-refractivity contribution in [3.63, 3.8) is 0 Å². The van der Waals surface area contributed by atoms with Crippen LogP contribution in [0.15, 0.2) is 11.1 Å². The molecule has 7 heteroatoms. The number of aliphatic hydroxyl groups is 4. The summed E-state index contributed by atoms with van der Waals surface area (Å²) < 4.78 is 11.4. The molecule has 1 aliphatic carbocycles. The Morgan fingerprint density at radius 1 is 1.23 bits per heavy atom. The Hall–Kier alpha value is -0.830. The van der Waals surface area contributed by atoms with E-state index in [1.165, 1.54) is 5.57 Å². The Morgan fingerprint density at radius 3 is 2.42 bits per heavy atom. The fourth-order valence-corrected chi connectivity index (χ4v) is 4.13. The molecule has 1 saturated heterocycles. The topological polar surface area (TPSA) is 116 Å². The lowest BCUT2D eigenvalue weighted by atomic mass is 9.70. The highest BCUT2D eigenvalue weighted by Crippen LogP contribution is 2.44. The lowest BCUT2D eigenvalue weighted by Crippen LogP contribution is -2.59. The summed E-state index contributed by atoms with van der Waals surface area (Å²) in [4.78, 5) is 11.3. The van der Waals surface area contributed by atoms with Gasteiger partial charge >= 0.3 is 0 Å². The normalized spacial score (nSPS) is 37.7. The third kappa shape index (κ3) is 4.71. The Bertz CT molecular complexity index is 540. The average Bonchev–Trinajstić information content (AvgIpc) is 2.53. The first-order valence-electron chi connectivity index (χ1n) is 9.21. The van der Waals surface area contributed by atoms with Crippen LogP contribution in [-0.4, -0.2) is 69.6 Å². The minimum absolute atomic E-state index is 0.156. The van der Waals surface area contributed by atoms with Crippen LogP contribution >= 0.6 is 0 Å². The van der Waals surface area contributed by atoms with Crippen molar-refractivity contribution in [2.45, 2.75) is 90.2 Å². The summed E-state index contributed by atoms with van der Waals surface area (Å²) >= 11 is 0. The maximum Gasteiger partial charge on any atom is 0.186 e. The van der Waals surface area contributed by atoms with Crippen LogP contribution in [0.25, 0.3) is 0 Å². The number of ketones is 1. The molecular formula is C19H32O7. The van der Waals surface area contributed by atoms with E-state index in [-0.39, 0.29) is 17.3 Å². The van der Waals surface area contributed by atoms with Gasteiger partial charge in [-0.25, -0.2) is 0 Å². The van der Waals surface area contributed by atoms with Crippen LogP contribution in [0.4, 0.5) is 0 Å². The molecule has 26 heavy (non-hydrogen) atoms. The molecule has 1 aliphatic heterocycles. The van der Waals surface area contributed by atoms with Crippen molar-refractivity contribution in [3.05, 3.63) is 11.1 Å². The molecule has 0 aromatic carbocycles. The van der Waals surface area contributed by atoms with Crippen LogP contribution in [0.5, 0.6) is 0 Å². The second-order valence-electron chi connectivity index (χ2n) is 8.21. The van der Waals surface area contributed by atoms with E-state index in [0.29, 0.717) is 19.3 Å². The molecule has 0 amide bonds. The lowest BCUT2D eigenvalue weighted by molar-refractivity contribution is -0.313. The van der Waals surface area contributed by atoms with Crippen LogP contribution in [0.3, 0.4) is 0 Å². The fourth-order valence-electron chi connectivity index (χ4n) is 4.13. The molecule has 7 nitrogen and oxygen atoms in total. The van der Waals surface area contributed by atoms with Crippen molar-refractivity contribution >= 4 is 5.78 Å². The van der Waals surface area contributed by atoms with Crippen molar-refractivity contribution in [1.29, 1.82) is 0 Å². The van der Waals surface area contributed by atoms with E-state index in [1.807, 2.05) is 6.92 Å². The first-order valence-corrected chi connectivity index (χ1v) is 9.21. The molecule has 1 fully saturated rings. The van der Waals surface area contributed by atoms with Crippen LogP contribution < -0.4 is 0 Å². The molecule has 0 bridgehead atoms. The quantitative estimate of drug-likeness (QED) is 0.507. The number of ether oxygens (including phenoxy) is 2. The van der Waals surface area contributed by atoms with Gasteiger partial charge in [-0.15, -0.1) is 0 Å². The SMILES string of the molecule is CC(=O)CCC1=C(C)C[C@@H](O[C@H]2O[C@H](CO)[C@@H](O)[C@H](O)[C@H]2O)CC1(C)C. The smallest absolute Gasteiger partial charge is 0.186 e. The van der Waals surface area contributed by atoms with Gasteiger partial charge < -0.3 is 34.7 Å². The molecule has 6 atom stereocenters. The van der Waals surface area contributed by atoms with Gasteiger partial charge in [0.2, 0.25) is 0 Å². The molecular weight excluding hydrogens is 340 g/mol. The van der Waals surface area contributed by atoms with Gasteiger partial charge in [0.1, 0.15) is 30.2 Å². The second kappa shape index (κ2) is 8.46. The van der Waals surface area contributed by atoms with Crippen LogP contribution in [0.1, 0.15) is 53.4 Å². The van der Waals surface area contributed by atoms with Crippen molar-refractivity contribution in [2.75, 3.05) is 6.61 Å². The van der Waals surface area contributed by atoms with Crippen LogP contribution in [-0.2, 0) is 14.3 Å². The Balaban J connectivity index is 2.08. The van der Waals surface area contributed by atoms with Crippen molar-refractivity contribution in [1.82, 2.24) is 0 Å². The number of hydrogen-bond donors (Lipinski definition) is 4. The Kier molecular flexibility index (Phi) is 6.98. The number of carbonyl (C=O) groups is 1. The summed E-state index contributed by atoms with van der Waals surface area (Å²) in [7, 11) is 0. The number of Topliss-reactive ketones (excluding diaryl/α,β-unsaturated/α-hetero) is 1. The van der Waals surface area contributed by atoms with Gasteiger partial charge in [-0.1, -0.05) is 25.0 Å². The maximum absolute atomic E-state index is 11.3. The second-order valence-corrected chi connectivity index (χ2v) is 8.21. The summed E-state index contributed by atoms with van der Waals surface area (Å²) in [5.74, 6) is 0.167. The van der Waals surface area contributed by atoms with E-state index in [4.69, 9.17) is 9.47 Å². The monoisotopic (exact) mass is 372 g/mol. The van der Waals surface area contributed by atoms with Crippen molar-refractivity contribution in [3.8, 4) is 0 Å². The Labute approximate surface area is 154 Å². The Morgan fingerprint density at radius 2 is 1.88 bits per heavy atom. The highest BCUT2D eigenvalue weighted by Gasteiger charge is 2.45. The van der Waals surface area contributed by atoms with Crippen molar-refractivity contribution < 1.29 is 34.7 Å². The third-order valence-electron chi connectivity index (χ3n) is 5.51. The molecule has 0 unspecified atom stereocenters. The standard InChI is InChI=1S/C19H32O7/c1-10-7-12(8-19(3,4)13(10)6-5-11(2)21)25-18-17(24)16(23)15(22)14(9-20)26-18/h12,14-18,20,22-24H,5-9H2,1-4H3/t12-,14-,15-,16+,17-,18+/m1/s1. The number of hydrogen-bond acceptors (Lipinski definition) is 7. The maximum atomic E-state index is 11.3. The summed E-state index contributed by atoms with van der Waals surface area (Å²) in [6.45, 7) is 7.36. The minimum Gasteiger partial charge on any atom is -0.394 e. The van der Waals surface area contributed by atoms with Crippen LogP contribution in [0.2, 0.25) is 0 Å². The number of rotatable bonds is 6. The predicted octanol–water partition coefficient (Wildman–Crippen LogP) is 0.677. The molecule has 150 valence electrons. The first-order chi connectivity index (χ1) is 12.1. The molecule has 1 heterocycles. The van der Waals surface area contributed by atoms with E-state index in [2.05, 4.69) is 13.8 Å². The van der Waals surface area contributed by atoms with E-state index < -0.39 is 37.3 Å². The largest absolute Gasteiger partial charge is 0.394 e. The zero-order valence-electron chi connectivity index (χ0n) is 16.0. The van der Waals surface area contributed by atoms with Gasteiger partial charge in [0, 0.05) is 6.42 Å². The number of allylic oxidation sites excluding steroid dienone is 1. The molecule has 0 radical (unpaired) electrons.